The molecule has 2 heterocycles. The first kappa shape index (κ1) is 16.3. The van der Waals surface area contributed by atoms with E-state index in [-0.39, 0.29) is 11.9 Å². The van der Waals surface area contributed by atoms with Crippen molar-refractivity contribution in [1.82, 2.24) is 20.0 Å². The van der Waals surface area contributed by atoms with E-state index in [1.54, 1.807) is 41.8 Å². The molecule has 1 aromatic carbocycles. The predicted octanol–water partition coefficient (Wildman–Crippen LogP) is 3.22. The van der Waals surface area contributed by atoms with Gasteiger partial charge in [0.25, 0.3) is 11.8 Å². The summed E-state index contributed by atoms with van der Waals surface area (Å²) >= 11 is 1.70. The average Bonchev–Trinajstić information content (AvgIpc) is 3.15. The number of hydrogen-bond acceptors (Lipinski definition) is 6. The highest BCUT2D eigenvalue weighted by Gasteiger charge is 2.15. The fourth-order valence-electron chi connectivity index (χ4n) is 2.11. The van der Waals surface area contributed by atoms with Crippen molar-refractivity contribution in [1.29, 1.82) is 0 Å². The van der Waals surface area contributed by atoms with Crippen LogP contribution in [0.5, 0.6) is 0 Å². The monoisotopic (exact) mass is 343 g/mol. The van der Waals surface area contributed by atoms with Gasteiger partial charge >= 0.3 is 6.01 Å². The number of aryl methyl sites for hydroxylation is 1. The maximum absolute atomic E-state index is 12.3. The molecule has 0 radical (unpaired) electrons. The largest absolute Gasteiger partial charge is 0.401 e. The highest BCUT2D eigenvalue weighted by atomic mass is 32.2. The molecule has 1 amide bonds. The molecule has 0 atom stereocenters. The molecule has 0 bridgehead atoms. The van der Waals surface area contributed by atoms with Crippen LogP contribution in [0.1, 0.15) is 24.2 Å². The maximum Gasteiger partial charge on any atom is 0.322 e. The quantitative estimate of drug-likeness (QED) is 0.716. The molecule has 8 heteroatoms. The Balaban J connectivity index is 1.74. The average molecular weight is 343 g/mol. The van der Waals surface area contributed by atoms with Crippen molar-refractivity contribution in [2.75, 3.05) is 5.32 Å². The number of nitrogens with one attached hydrogen (secondary N) is 1. The number of nitrogens with zero attached hydrogens (tertiary/aromatic N) is 4. The zero-order valence-electron chi connectivity index (χ0n) is 13.6. The molecular formula is C16H17N5O2S. The molecule has 124 valence electrons. The fourth-order valence-corrected chi connectivity index (χ4v) is 3.01. The van der Waals surface area contributed by atoms with Crippen molar-refractivity contribution in [3.8, 4) is 11.6 Å². The molecule has 0 unspecified atom stereocenters. The van der Waals surface area contributed by atoms with E-state index in [0.717, 1.165) is 4.90 Å². The van der Waals surface area contributed by atoms with Gasteiger partial charge in [-0.15, -0.1) is 16.9 Å². The Hall–Kier alpha value is -2.61. The van der Waals surface area contributed by atoms with Gasteiger partial charge < -0.3 is 4.42 Å². The standard InChI is InChI=1S/C16H17N5O2S/c1-10(2)24-12-6-4-5-11(9-12)14(22)18-16-20-19-15(23-16)13-7-8-17-21(13)3/h4-10H,1-3H3,(H,18,20,22). The summed E-state index contributed by atoms with van der Waals surface area (Å²) in [7, 11) is 1.77. The first-order valence-electron chi connectivity index (χ1n) is 7.43. The van der Waals surface area contributed by atoms with E-state index in [4.69, 9.17) is 4.42 Å². The summed E-state index contributed by atoms with van der Waals surface area (Å²) in [5.41, 5.74) is 1.22. The van der Waals surface area contributed by atoms with Crippen LogP contribution in [0.4, 0.5) is 6.01 Å². The number of carbonyl (C=O) groups excluding carboxylic acids is 1. The Morgan fingerprint density at radius 3 is 2.83 bits per heavy atom. The Kier molecular flexibility index (Phi) is 4.66. The van der Waals surface area contributed by atoms with Crippen LogP contribution in [0.15, 0.2) is 45.8 Å². The van der Waals surface area contributed by atoms with E-state index in [0.29, 0.717) is 22.4 Å². The SMILES string of the molecule is CC(C)Sc1cccc(C(=O)Nc2nnc(-c3ccnn3C)o2)c1. The molecule has 3 aromatic rings. The van der Waals surface area contributed by atoms with Crippen LogP contribution in [0.2, 0.25) is 0 Å². The second-order valence-electron chi connectivity index (χ2n) is 5.40. The van der Waals surface area contributed by atoms with Crippen molar-refractivity contribution in [2.45, 2.75) is 24.0 Å². The van der Waals surface area contributed by atoms with Gasteiger partial charge in [-0.25, -0.2) is 0 Å². The number of hydrogen-bond donors (Lipinski definition) is 1. The Bertz CT molecular complexity index is 856. The Morgan fingerprint density at radius 2 is 2.12 bits per heavy atom. The molecule has 7 nitrogen and oxygen atoms in total. The zero-order valence-corrected chi connectivity index (χ0v) is 14.4. The smallest absolute Gasteiger partial charge is 0.322 e. The minimum absolute atomic E-state index is 0.0538. The number of amides is 1. The number of anilines is 1. The van der Waals surface area contributed by atoms with E-state index >= 15 is 0 Å². The second kappa shape index (κ2) is 6.88. The van der Waals surface area contributed by atoms with Gasteiger partial charge in [-0.05, 0) is 24.3 Å². The van der Waals surface area contributed by atoms with Crippen molar-refractivity contribution >= 4 is 23.7 Å². The fraction of sp³-hybridized carbons (Fsp3) is 0.250. The molecule has 0 aliphatic carbocycles. The Labute approximate surface area is 143 Å². The van der Waals surface area contributed by atoms with Gasteiger partial charge in [-0.3, -0.25) is 14.8 Å². The summed E-state index contributed by atoms with van der Waals surface area (Å²) in [6, 6.07) is 9.24. The summed E-state index contributed by atoms with van der Waals surface area (Å²) in [4.78, 5) is 13.4. The molecule has 0 saturated heterocycles. The van der Waals surface area contributed by atoms with E-state index in [1.807, 2.05) is 18.2 Å². The lowest BCUT2D eigenvalue weighted by atomic mass is 10.2. The molecule has 1 N–H and O–H groups in total. The van der Waals surface area contributed by atoms with Gasteiger partial charge in [0.2, 0.25) is 0 Å². The van der Waals surface area contributed by atoms with Gasteiger partial charge in [0.1, 0.15) is 5.69 Å². The molecule has 24 heavy (non-hydrogen) atoms. The molecule has 0 aliphatic heterocycles. The number of aromatic nitrogens is 4. The lowest BCUT2D eigenvalue weighted by Gasteiger charge is -2.06. The van der Waals surface area contributed by atoms with Crippen molar-refractivity contribution < 1.29 is 9.21 Å². The third-order valence-electron chi connectivity index (χ3n) is 3.15. The van der Waals surface area contributed by atoms with Crippen LogP contribution < -0.4 is 5.32 Å². The normalized spacial score (nSPS) is 11.0. The molecule has 0 spiro atoms. The second-order valence-corrected chi connectivity index (χ2v) is 7.05. The molecule has 0 fully saturated rings. The molecule has 0 saturated carbocycles. The minimum Gasteiger partial charge on any atom is -0.401 e. The van der Waals surface area contributed by atoms with Gasteiger partial charge in [0.05, 0.1) is 0 Å². The molecule has 0 aliphatic rings. The van der Waals surface area contributed by atoms with E-state index < -0.39 is 0 Å². The van der Waals surface area contributed by atoms with Crippen LogP contribution in [-0.4, -0.2) is 31.1 Å². The number of thioether (sulfide) groups is 1. The van der Waals surface area contributed by atoms with Crippen LogP contribution in [0, 0.1) is 0 Å². The highest BCUT2D eigenvalue weighted by molar-refractivity contribution is 7.99. The lowest BCUT2D eigenvalue weighted by Crippen LogP contribution is -2.12. The van der Waals surface area contributed by atoms with Crippen molar-refractivity contribution in [3.05, 3.63) is 42.1 Å². The van der Waals surface area contributed by atoms with E-state index in [2.05, 4.69) is 34.5 Å². The summed E-state index contributed by atoms with van der Waals surface area (Å²) in [6.45, 7) is 4.21. The highest BCUT2D eigenvalue weighted by Crippen LogP contribution is 2.24. The summed E-state index contributed by atoms with van der Waals surface area (Å²) in [5.74, 6) is 0.0100. The molecule has 2 aromatic heterocycles. The minimum atomic E-state index is -0.290. The third-order valence-corrected chi connectivity index (χ3v) is 4.15. The van der Waals surface area contributed by atoms with E-state index in [9.17, 15) is 4.79 Å². The number of benzene rings is 1. The maximum atomic E-state index is 12.3. The summed E-state index contributed by atoms with van der Waals surface area (Å²) in [5, 5.41) is 14.9. The molecular weight excluding hydrogens is 326 g/mol. The topological polar surface area (TPSA) is 85.8 Å². The number of carbonyl (C=O) groups is 1. The van der Waals surface area contributed by atoms with Gasteiger partial charge in [-0.2, -0.15) is 5.10 Å². The predicted molar refractivity (Wildman–Crippen MR) is 91.9 cm³/mol. The number of rotatable bonds is 5. The Morgan fingerprint density at radius 1 is 1.29 bits per heavy atom. The molecule has 3 rings (SSSR count). The third kappa shape index (κ3) is 3.65. The van der Waals surface area contributed by atoms with Crippen LogP contribution >= 0.6 is 11.8 Å². The lowest BCUT2D eigenvalue weighted by molar-refractivity contribution is 0.102. The summed E-state index contributed by atoms with van der Waals surface area (Å²) in [6.07, 6.45) is 1.63. The van der Waals surface area contributed by atoms with Gasteiger partial charge in [0, 0.05) is 29.0 Å². The van der Waals surface area contributed by atoms with Crippen LogP contribution in [0.3, 0.4) is 0 Å². The zero-order chi connectivity index (χ0) is 17.1. The van der Waals surface area contributed by atoms with Gasteiger partial charge in [-0.1, -0.05) is 25.0 Å². The first-order chi connectivity index (χ1) is 11.5. The van der Waals surface area contributed by atoms with Crippen molar-refractivity contribution in [3.63, 3.8) is 0 Å². The van der Waals surface area contributed by atoms with E-state index in [1.165, 1.54) is 0 Å². The van der Waals surface area contributed by atoms with Gasteiger partial charge in [0.15, 0.2) is 0 Å². The van der Waals surface area contributed by atoms with Crippen molar-refractivity contribution in [2.24, 2.45) is 7.05 Å². The van der Waals surface area contributed by atoms with Crippen LogP contribution in [-0.2, 0) is 7.05 Å². The van der Waals surface area contributed by atoms with Crippen LogP contribution in [0.25, 0.3) is 11.6 Å². The first-order valence-corrected chi connectivity index (χ1v) is 8.31. The summed E-state index contributed by atoms with van der Waals surface area (Å²) < 4.78 is 7.09.